The van der Waals surface area contributed by atoms with Crippen LogP contribution in [0.4, 0.5) is 0 Å². The summed E-state index contributed by atoms with van der Waals surface area (Å²) in [6.45, 7) is 2.10. The highest BCUT2D eigenvalue weighted by atomic mass is 16.1. The van der Waals surface area contributed by atoms with Gasteiger partial charge < -0.3 is 5.32 Å². The van der Waals surface area contributed by atoms with E-state index < -0.39 is 0 Å². The van der Waals surface area contributed by atoms with E-state index >= 15 is 0 Å². The van der Waals surface area contributed by atoms with Gasteiger partial charge in [0.2, 0.25) is 0 Å². The van der Waals surface area contributed by atoms with E-state index in [9.17, 15) is 4.79 Å². The Morgan fingerprint density at radius 3 is 2.50 bits per heavy atom. The van der Waals surface area contributed by atoms with Crippen molar-refractivity contribution in [2.75, 3.05) is 0 Å². The lowest BCUT2D eigenvalue weighted by Gasteiger charge is -2.19. The van der Waals surface area contributed by atoms with Gasteiger partial charge in [0, 0.05) is 5.56 Å². The van der Waals surface area contributed by atoms with Gasteiger partial charge >= 0.3 is 0 Å². The molecule has 2 heteroatoms. The molecule has 114 valence electrons. The van der Waals surface area contributed by atoms with Gasteiger partial charge in [-0.1, -0.05) is 43.3 Å². The predicted molar refractivity (Wildman–Crippen MR) is 90.0 cm³/mol. The summed E-state index contributed by atoms with van der Waals surface area (Å²) in [6, 6.07) is 16.4. The fraction of sp³-hybridized carbons (Fsp3) is 0.350. The van der Waals surface area contributed by atoms with Gasteiger partial charge in [0.05, 0.1) is 6.04 Å². The summed E-state index contributed by atoms with van der Waals surface area (Å²) in [7, 11) is 0. The minimum atomic E-state index is 0.0316. The van der Waals surface area contributed by atoms with Gasteiger partial charge in [-0.2, -0.15) is 0 Å². The van der Waals surface area contributed by atoms with Crippen LogP contribution in [0.25, 0.3) is 0 Å². The Balaban J connectivity index is 1.76. The molecule has 0 heterocycles. The number of carbonyl (C=O) groups excluding carboxylic acids is 1. The number of nitrogens with one attached hydrogen (secondary N) is 1. The normalized spacial score (nSPS) is 15.0. The first kappa shape index (κ1) is 14.8. The number of rotatable bonds is 4. The molecule has 0 fully saturated rings. The van der Waals surface area contributed by atoms with Crippen molar-refractivity contribution in [2.45, 2.75) is 45.1 Å². The quantitative estimate of drug-likeness (QED) is 0.886. The molecule has 0 unspecified atom stereocenters. The van der Waals surface area contributed by atoms with E-state index in [1.807, 2.05) is 24.3 Å². The second-order valence-corrected chi connectivity index (χ2v) is 6.04. The number of fused-ring (bicyclic) bond motifs is 1. The molecular weight excluding hydrogens is 270 g/mol. The summed E-state index contributed by atoms with van der Waals surface area (Å²) in [4.78, 5) is 12.6. The van der Waals surface area contributed by atoms with Gasteiger partial charge in [-0.05, 0) is 60.9 Å². The summed E-state index contributed by atoms with van der Waals surface area (Å²) in [5.41, 5.74) is 4.72. The Morgan fingerprint density at radius 1 is 1.05 bits per heavy atom. The Hall–Kier alpha value is -2.09. The van der Waals surface area contributed by atoms with Crippen LogP contribution in [0.15, 0.2) is 48.5 Å². The smallest absolute Gasteiger partial charge is 0.251 e. The van der Waals surface area contributed by atoms with Crippen molar-refractivity contribution in [3.05, 3.63) is 70.8 Å². The van der Waals surface area contributed by atoms with Crippen LogP contribution in [0.2, 0.25) is 0 Å². The molecule has 22 heavy (non-hydrogen) atoms. The highest BCUT2D eigenvalue weighted by Crippen LogP contribution is 2.23. The summed E-state index contributed by atoms with van der Waals surface area (Å²) in [5, 5.41) is 3.17. The summed E-state index contributed by atoms with van der Waals surface area (Å²) in [5.74, 6) is 0.0316. The van der Waals surface area contributed by atoms with Crippen molar-refractivity contribution >= 4 is 5.91 Å². The molecule has 1 aliphatic rings. The van der Waals surface area contributed by atoms with Gasteiger partial charge in [0.15, 0.2) is 0 Å². The molecule has 0 radical (unpaired) electrons. The molecule has 0 bridgehead atoms. The Labute approximate surface area is 132 Å². The van der Waals surface area contributed by atoms with E-state index in [4.69, 9.17) is 0 Å². The number of carbonyl (C=O) groups is 1. The summed E-state index contributed by atoms with van der Waals surface area (Å²) >= 11 is 0. The number of aryl methyl sites for hydroxylation is 2. The fourth-order valence-corrected chi connectivity index (χ4v) is 3.22. The Morgan fingerprint density at radius 2 is 1.77 bits per heavy atom. The predicted octanol–water partition coefficient (Wildman–Crippen LogP) is 4.45. The summed E-state index contributed by atoms with van der Waals surface area (Å²) < 4.78 is 0. The fourth-order valence-electron chi connectivity index (χ4n) is 3.22. The zero-order chi connectivity index (χ0) is 15.4. The lowest BCUT2D eigenvalue weighted by molar-refractivity contribution is 0.0935. The topological polar surface area (TPSA) is 29.1 Å². The van der Waals surface area contributed by atoms with Gasteiger partial charge in [0.25, 0.3) is 5.91 Å². The van der Waals surface area contributed by atoms with Crippen LogP contribution in [0, 0.1) is 0 Å². The number of hydrogen-bond acceptors (Lipinski definition) is 1. The van der Waals surface area contributed by atoms with Gasteiger partial charge in [0.1, 0.15) is 0 Å². The lowest BCUT2D eigenvalue weighted by Crippen LogP contribution is -2.28. The Kier molecular flexibility index (Phi) is 4.57. The minimum Gasteiger partial charge on any atom is -0.345 e. The highest BCUT2D eigenvalue weighted by Gasteiger charge is 2.16. The molecule has 2 nitrogen and oxygen atoms in total. The zero-order valence-electron chi connectivity index (χ0n) is 13.1. The maximum absolute atomic E-state index is 12.6. The molecule has 0 spiro atoms. The highest BCUT2D eigenvalue weighted by molar-refractivity contribution is 5.94. The largest absolute Gasteiger partial charge is 0.345 e. The molecule has 1 amide bonds. The second kappa shape index (κ2) is 6.78. The van der Waals surface area contributed by atoms with Crippen LogP contribution in [-0.2, 0) is 12.8 Å². The molecule has 1 N–H and O–H groups in total. The SMILES string of the molecule is CC[C@H](NC(=O)c1ccc2c(c1)CCCC2)c1ccccc1. The van der Waals surface area contributed by atoms with Gasteiger partial charge in [-0.25, -0.2) is 0 Å². The number of benzene rings is 2. The van der Waals surface area contributed by atoms with Crippen LogP contribution in [0.3, 0.4) is 0 Å². The molecule has 0 aromatic heterocycles. The van der Waals surface area contributed by atoms with Crippen LogP contribution >= 0.6 is 0 Å². The van der Waals surface area contributed by atoms with Crippen molar-refractivity contribution in [1.29, 1.82) is 0 Å². The van der Waals surface area contributed by atoms with Gasteiger partial charge in [-0.15, -0.1) is 0 Å². The lowest BCUT2D eigenvalue weighted by atomic mass is 9.90. The third-order valence-corrected chi connectivity index (χ3v) is 4.53. The van der Waals surface area contributed by atoms with E-state index in [0.29, 0.717) is 0 Å². The standard InChI is InChI=1S/C20H23NO/c1-2-19(16-9-4-3-5-10-16)21-20(22)18-13-12-15-8-6-7-11-17(15)14-18/h3-5,9-10,12-14,19H,2,6-8,11H2,1H3,(H,21,22)/t19-/m0/s1. The Bertz CT molecular complexity index is 648. The van der Waals surface area contributed by atoms with Crippen LogP contribution in [-0.4, -0.2) is 5.91 Å². The number of hydrogen-bond donors (Lipinski definition) is 1. The first-order chi connectivity index (χ1) is 10.8. The summed E-state index contributed by atoms with van der Waals surface area (Å²) in [6.07, 6.45) is 5.65. The molecule has 1 aliphatic carbocycles. The average Bonchev–Trinajstić information content (AvgIpc) is 2.59. The van der Waals surface area contributed by atoms with Crippen molar-refractivity contribution in [2.24, 2.45) is 0 Å². The first-order valence-electron chi connectivity index (χ1n) is 8.25. The van der Waals surface area contributed by atoms with Crippen molar-refractivity contribution < 1.29 is 4.79 Å². The van der Waals surface area contributed by atoms with Crippen molar-refractivity contribution in [3.63, 3.8) is 0 Å². The van der Waals surface area contributed by atoms with E-state index in [1.54, 1.807) is 0 Å². The van der Waals surface area contributed by atoms with Crippen LogP contribution in [0.5, 0.6) is 0 Å². The maximum atomic E-state index is 12.6. The van der Waals surface area contributed by atoms with E-state index in [2.05, 4.69) is 36.5 Å². The van der Waals surface area contributed by atoms with E-state index in [0.717, 1.165) is 30.4 Å². The molecule has 2 aromatic rings. The number of amides is 1. The van der Waals surface area contributed by atoms with E-state index in [-0.39, 0.29) is 11.9 Å². The molecule has 0 saturated heterocycles. The van der Waals surface area contributed by atoms with Gasteiger partial charge in [-0.3, -0.25) is 4.79 Å². The molecule has 2 aromatic carbocycles. The molecule has 1 atom stereocenters. The minimum absolute atomic E-state index is 0.0316. The first-order valence-corrected chi connectivity index (χ1v) is 8.25. The second-order valence-electron chi connectivity index (χ2n) is 6.04. The van der Waals surface area contributed by atoms with Crippen molar-refractivity contribution in [3.8, 4) is 0 Å². The third-order valence-electron chi connectivity index (χ3n) is 4.53. The third kappa shape index (κ3) is 3.22. The molecule has 0 aliphatic heterocycles. The van der Waals surface area contributed by atoms with E-state index in [1.165, 1.54) is 24.0 Å². The van der Waals surface area contributed by atoms with Crippen LogP contribution in [0.1, 0.15) is 59.3 Å². The zero-order valence-corrected chi connectivity index (χ0v) is 13.1. The van der Waals surface area contributed by atoms with Crippen LogP contribution < -0.4 is 5.32 Å². The molecular formula is C20H23NO. The monoisotopic (exact) mass is 293 g/mol. The average molecular weight is 293 g/mol. The molecule has 3 rings (SSSR count). The molecule has 0 saturated carbocycles. The van der Waals surface area contributed by atoms with Crippen molar-refractivity contribution in [1.82, 2.24) is 5.32 Å². The maximum Gasteiger partial charge on any atom is 0.251 e.